The van der Waals surface area contributed by atoms with Crippen molar-refractivity contribution >= 4 is 26.6 Å². The van der Waals surface area contributed by atoms with Crippen LogP contribution in [0.3, 0.4) is 0 Å². The van der Waals surface area contributed by atoms with Crippen molar-refractivity contribution in [2.45, 2.75) is 30.6 Å². The highest BCUT2D eigenvalue weighted by atomic mass is 32.2. The van der Waals surface area contributed by atoms with Crippen molar-refractivity contribution in [1.82, 2.24) is 0 Å². The Morgan fingerprint density at radius 1 is 1.04 bits per heavy atom. The molecule has 7 nitrogen and oxygen atoms in total. The fraction of sp³-hybridized carbons (Fsp3) is 0.444. The normalized spacial score (nSPS) is 11.3. The van der Waals surface area contributed by atoms with Gasteiger partial charge in [0, 0.05) is 42.0 Å². The number of azide groups is 1. The molecule has 0 bridgehead atoms. The zero-order chi connectivity index (χ0) is 19.0. The molecule has 0 aliphatic heterocycles. The first-order valence-corrected chi connectivity index (χ1v) is 9.97. The van der Waals surface area contributed by atoms with Crippen LogP contribution in [0.5, 0.6) is 0 Å². The molecule has 0 saturated carbocycles. The van der Waals surface area contributed by atoms with Crippen LogP contribution in [0.4, 0.5) is 5.69 Å². The number of hydrogen-bond donors (Lipinski definition) is 0. The SMILES string of the molecule is CN(C)c1cccc2c(S(=O)(=O)OCCCCCCN=[N+]=[N-])cccc12. The molecule has 0 atom stereocenters. The Morgan fingerprint density at radius 3 is 2.46 bits per heavy atom. The van der Waals surface area contributed by atoms with Crippen LogP contribution in [-0.4, -0.2) is 35.7 Å². The molecular formula is C18H24N4O3S. The zero-order valence-electron chi connectivity index (χ0n) is 15.1. The van der Waals surface area contributed by atoms with E-state index in [0.29, 0.717) is 18.4 Å². The molecular weight excluding hydrogens is 352 g/mol. The quantitative estimate of drug-likeness (QED) is 0.201. The fourth-order valence-electron chi connectivity index (χ4n) is 2.79. The predicted molar refractivity (Wildman–Crippen MR) is 104 cm³/mol. The van der Waals surface area contributed by atoms with E-state index in [1.54, 1.807) is 18.2 Å². The van der Waals surface area contributed by atoms with E-state index in [1.807, 2.05) is 37.2 Å². The van der Waals surface area contributed by atoms with Crippen molar-refractivity contribution in [3.05, 3.63) is 46.8 Å². The number of anilines is 1. The summed E-state index contributed by atoms with van der Waals surface area (Å²) in [5.41, 5.74) is 9.15. The van der Waals surface area contributed by atoms with Crippen LogP contribution < -0.4 is 4.90 Å². The standard InChI is InChI=1S/C18H24N4O3S/c1-22(2)17-11-7-10-16-15(17)9-8-12-18(16)26(23,24)25-14-6-4-3-5-13-20-21-19/h7-12H,3-6,13-14H2,1-2H3. The second-order valence-electron chi connectivity index (χ2n) is 6.17. The Balaban J connectivity index is 2.05. The largest absolute Gasteiger partial charge is 0.377 e. The molecule has 2 aromatic rings. The van der Waals surface area contributed by atoms with E-state index in [0.717, 1.165) is 30.3 Å². The first-order valence-electron chi connectivity index (χ1n) is 8.57. The summed E-state index contributed by atoms with van der Waals surface area (Å²) in [5.74, 6) is 0. The summed E-state index contributed by atoms with van der Waals surface area (Å²) in [6.45, 7) is 0.619. The summed E-state index contributed by atoms with van der Waals surface area (Å²) < 4.78 is 30.4. The van der Waals surface area contributed by atoms with Crippen LogP contribution in [-0.2, 0) is 14.3 Å². The zero-order valence-corrected chi connectivity index (χ0v) is 15.9. The van der Waals surface area contributed by atoms with Crippen LogP contribution in [0.1, 0.15) is 25.7 Å². The Kier molecular flexibility index (Phi) is 7.26. The number of rotatable bonds is 10. The highest BCUT2D eigenvalue weighted by Gasteiger charge is 2.19. The van der Waals surface area contributed by atoms with Gasteiger partial charge in [-0.2, -0.15) is 8.42 Å². The molecule has 0 amide bonds. The molecule has 0 fully saturated rings. The van der Waals surface area contributed by atoms with Gasteiger partial charge in [-0.3, -0.25) is 4.18 Å². The molecule has 0 unspecified atom stereocenters. The van der Waals surface area contributed by atoms with Gasteiger partial charge in [-0.15, -0.1) is 0 Å². The molecule has 0 aromatic heterocycles. The number of unbranched alkanes of at least 4 members (excludes halogenated alkanes) is 3. The van der Waals surface area contributed by atoms with Crippen LogP contribution in [0, 0.1) is 0 Å². The summed E-state index contributed by atoms with van der Waals surface area (Å²) in [7, 11) is 0.0342. The van der Waals surface area contributed by atoms with Gasteiger partial charge in [0.1, 0.15) is 4.90 Å². The molecule has 0 radical (unpaired) electrons. The molecule has 0 N–H and O–H groups in total. The van der Waals surface area contributed by atoms with Crippen molar-refractivity contribution < 1.29 is 12.6 Å². The summed E-state index contributed by atoms with van der Waals surface area (Å²) in [6, 6.07) is 10.8. The monoisotopic (exact) mass is 376 g/mol. The minimum absolute atomic E-state index is 0.146. The van der Waals surface area contributed by atoms with E-state index in [1.165, 1.54) is 0 Å². The maximum atomic E-state index is 12.6. The third-order valence-corrected chi connectivity index (χ3v) is 5.44. The molecule has 2 rings (SSSR count). The van der Waals surface area contributed by atoms with Gasteiger partial charge in [-0.05, 0) is 30.5 Å². The van der Waals surface area contributed by atoms with E-state index in [2.05, 4.69) is 10.0 Å². The fourth-order valence-corrected chi connectivity index (χ4v) is 3.94. The molecule has 0 heterocycles. The summed E-state index contributed by atoms with van der Waals surface area (Å²) in [5, 5.41) is 5.00. The van der Waals surface area contributed by atoms with E-state index in [4.69, 9.17) is 9.71 Å². The van der Waals surface area contributed by atoms with Crippen LogP contribution in [0.15, 0.2) is 46.4 Å². The lowest BCUT2D eigenvalue weighted by Crippen LogP contribution is -2.11. The maximum absolute atomic E-state index is 12.6. The van der Waals surface area contributed by atoms with Gasteiger partial charge in [0.2, 0.25) is 0 Å². The smallest absolute Gasteiger partial charge is 0.297 e. The Hall–Kier alpha value is -2.28. The summed E-state index contributed by atoms with van der Waals surface area (Å²) >= 11 is 0. The average Bonchev–Trinajstić information content (AvgIpc) is 2.62. The molecule has 0 aliphatic rings. The highest BCUT2D eigenvalue weighted by molar-refractivity contribution is 7.87. The van der Waals surface area contributed by atoms with Crippen molar-refractivity contribution in [2.24, 2.45) is 5.11 Å². The molecule has 0 spiro atoms. The lowest BCUT2D eigenvalue weighted by molar-refractivity contribution is 0.307. The third kappa shape index (κ3) is 5.11. The number of hydrogen-bond acceptors (Lipinski definition) is 5. The molecule has 0 aliphatic carbocycles. The van der Waals surface area contributed by atoms with Crippen molar-refractivity contribution in [2.75, 3.05) is 32.1 Å². The lowest BCUT2D eigenvalue weighted by atomic mass is 10.1. The van der Waals surface area contributed by atoms with Crippen molar-refractivity contribution in [3.63, 3.8) is 0 Å². The predicted octanol–water partition coefficient (Wildman–Crippen LogP) is 4.48. The van der Waals surface area contributed by atoms with Gasteiger partial charge < -0.3 is 4.90 Å². The number of benzene rings is 2. The van der Waals surface area contributed by atoms with Crippen LogP contribution >= 0.6 is 0 Å². The third-order valence-electron chi connectivity index (χ3n) is 4.06. The van der Waals surface area contributed by atoms with Gasteiger partial charge in [0.15, 0.2) is 0 Å². The van der Waals surface area contributed by atoms with Crippen molar-refractivity contribution in [1.29, 1.82) is 0 Å². The first-order chi connectivity index (χ1) is 12.5. The van der Waals surface area contributed by atoms with E-state index >= 15 is 0 Å². The Labute approximate surface area is 154 Å². The topological polar surface area (TPSA) is 95.4 Å². The van der Waals surface area contributed by atoms with Crippen LogP contribution in [0.2, 0.25) is 0 Å². The minimum atomic E-state index is -3.82. The molecule has 2 aromatic carbocycles. The summed E-state index contributed by atoms with van der Waals surface area (Å²) in [4.78, 5) is 4.85. The van der Waals surface area contributed by atoms with Gasteiger partial charge in [-0.25, -0.2) is 0 Å². The first kappa shape index (κ1) is 20.0. The van der Waals surface area contributed by atoms with Gasteiger partial charge >= 0.3 is 0 Å². The van der Waals surface area contributed by atoms with E-state index < -0.39 is 10.1 Å². The second kappa shape index (κ2) is 9.43. The minimum Gasteiger partial charge on any atom is -0.377 e. The second-order valence-corrected chi connectivity index (χ2v) is 7.75. The molecule has 8 heteroatoms. The van der Waals surface area contributed by atoms with Crippen molar-refractivity contribution in [3.8, 4) is 0 Å². The Bertz CT molecular complexity index is 890. The highest BCUT2D eigenvalue weighted by Crippen LogP contribution is 2.30. The molecule has 26 heavy (non-hydrogen) atoms. The van der Waals surface area contributed by atoms with Gasteiger partial charge in [0.25, 0.3) is 10.1 Å². The average molecular weight is 376 g/mol. The maximum Gasteiger partial charge on any atom is 0.297 e. The number of nitrogens with zero attached hydrogens (tertiary/aromatic N) is 4. The lowest BCUT2D eigenvalue weighted by Gasteiger charge is -2.16. The molecule has 0 saturated heterocycles. The summed E-state index contributed by atoms with van der Waals surface area (Å²) in [6.07, 6.45) is 3.15. The van der Waals surface area contributed by atoms with Gasteiger partial charge in [0.05, 0.1) is 6.61 Å². The van der Waals surface area contributed by atoms with Gasteiger partial charge in [-0.1, -0.05) is 42.2 Å². The van der Waals surface area contributed by atoms with E-state index in [9.17, 15) is 8.42 Å². The number of fused-ring (bicyclic) bond motifs is 1. The Morgan fingerprint density at radius 2 is 1.73 bits per heavy atom. The molecule has 140 valence electrons. The van der Waals surface area contributed by atoms with Crippen LogP contribution in [0.25, 0.3) is 21.2 Å². The van der Waals surface area contributed by atoms with E-state index in [-0.39, 0.29) is 11.5 Å².